The lowest BCUT2D eigenvalue weighted by atomic mass is 9.98. The van der Waals surface area contributed by atoms with Crippen LogP contribution in [0.4, 0.5) is 18.9 Å². The molecule has 1 aromatic heterocycles. The average molecular weight is 520 g/mol. The number of hydrogen-bond donors (Lipinski definition) is 2. The number of nitrogens with two attached hydrogens (primary N) is 1. The zero-order valence-corrected chi connectivity index (χ0v) is 20.4. The van der Waals surface area contributed by atoms with Crippen LogP contribution in [0.25, 0.3) is 16.8 Å². The Labute approximate surface area is 216 Å². The maximum atomic E-state index is 13.9. The Hall–Kier alpha value is -4.44. The second kappa shape index (κ2) is 9.79. The molecule has 3 aromatic carbocycles. The number of rotatable bonds is 6. The van der Waals surface area contributed by atoms with Crippen molar-refractivity contribution in [1.29, 1.82) is 0 Å². The largest absolute Gasteiger partial charge is 0.435 e. The second-order valence-corrected chi connectivity index (χ2v) is 8.94. The van der Waals surface area contributed by atoms with E-state index in [1.54, 1.807) is 12.1 Å². The van der Waals surface area contributed by atoms with Gasteiger partial charge in [-0.1, -0.05) is 42.5 Å². The van der Waals surface area contributed by atoms with Gasteiger partial charge in [0.05, 0.1) is 5.69 Å². The fraction of sp³-hybridized carbons (Fsp3) is 0.179. The number of primary amides is 1. The summed E-state index contributed by atoms with van der Waals surface area (Å²) in [6.07, 6.45) is -4.78. The fourth-order valence-corrected chi connectivity index (χ4v) is 4.78. The number of fused-ring (bicyclic) bond motifs is 1. The summed E-state index contributed by atoms with van der Waals surface area (Å²) in [5.41, 5.74) is 7.79. The van der Waals surface area contributed by atoms with Crippen LogP contribution < -0.4 is 16.0 Å². The molecule has 1 aliphatic heterocycles. The minimum Gasteiger partial charge on any atom is -0.366 e. The number of carbonyl (C=O) groups is 2. The molecule has 10 heteroatoms. The number of hydrogen-bond acceptors (Lipinski definition) is 4. The molecule has 0 bridgehead atoms. The normalized spacial score (nSPS) is 13.5. The first-order chi connectivity index (χ1) is 18.2. The third-order valence-electron chi connectivity index (χ3n) is 6.53. The molecule has 0 fully saturated rings. The number of anilines is 1. The summed E-state index contributed by atoms with van der Waals surface area (Å²) in [6, 6.07) is 21.0. The summed E-state index contributed by atoms with van der Waals surface area (Å²) in [5, 5.41) is 6.93. The third-order valence-corrected chi connectivity index (χ3v) is 6.53. The van der Waals surface area contributed by atoms with Crippen LogP contribution in [0.2, 0.25) is 0 Å². The van der Waals surface area contributed by atoms with Gasteiger partial charge in [-0.05, 0) is 60.5 Å². The van der Waals surface area contributed by atoms with Crippen LogP contribution in [0.1, 0.15) is 37.7 Å². The summed E-state index contributed by atoms with van der Waals surface area (Å²) in [7, 11) is 1.87. The van der Waals surface area contributed by atoms with Gasteiger partial charge < -0.3 is 16.0 Å². The molecule has 1 aliphatic rings. The molecule has 0 spiro atoms. The molecule has 4 aromatic rings. The summed E-state index contributed by atoms with van der Waals surface area (Å²) < 4.78 is 42.6. The van der Waals surface area contributed by atoms with Crippen LogP contribution in [0, 0.1) is 0 Å². The number of carbonyl (C=O) groups excluding carboxylic acids is 2. The summed E-state index contributed by atoms with van der Waals surface area (Å²) in [6.45, 7) is 0.755. The van der Waals surface area contributed by atoms with Crippen molar-refractivity contribution in [2.24, 2.45) is 5.73 Å². The molecule has 2 amide bonds. The maximum absolute atomic E-state index is 13.9. The average Bonchev–Trinajstić information content (AvgIpc) is 3.31. The van der Waals surface area contributed by atoms with E-state index in [4.69, 9.17) is 5.73 Å². The second-order valence-electron chi connectivity index (χ2n) is 8.94. The first-order valence-corrected chi connectivity index (χ1v) is 11.9. The van der Waals surface area contributed by atoms with Gasteiger partial charge in [-0.25, -0.2) is 4.68 Å². The molecule has 0 radical (unpaired) electrons. The van der Waals surface area contributed by atoms with Gasteiger partial charge in [0.2, 0.25) is 5.91 Å². The first-order valence-electron chi connectivity index (χ1n) is 11.9. The molecule has 0 aliphatic carbocycles. The minimum absolute atomic E-state index is 0.0296. The molecule has 7 nitrogen and oxygen atoms in total. The molecule has 0 saturated heterocycles. The van der Waals surface area contributed by atoms with Crippen molar-refractivity contribution in [1.82, 2.24) is 15.1 Å². The zero-order chi connectivity index (χ0) is 27.0. The topological polar surface area (TPSA) is 93.2 Å². The number of nitrogens with zero attached hydrogens (tertiary/aromatic N) is 3. The summed E-state index contributed by atoms with van der Waals surface area (Å²) >= 11 is 0. The Balaban J connectivity index is 1.54. The van der Waals surface area contributed by atoms with Crippen molar-refractivity contribution in [3.05, 3.63) is 101 Å². The molecular formula is C28H24F3N5O2. The Kier molecular flexibility index (Phi) is 6.50. The van der Waals surface area contributed by atoms with Gasteiger partial charge in [0.15, 0.2) is 5.69 Å². The van der Waals surface area contributed by atoms with Crippen molar-refractivity contribution in [3.63, 3.8) is 0 Å². The van der Waals surface area contributed by atoms with Crippen molar-refractivity contribution in [2.75, 3.05) is 18.5 Å². The van der Waals surface area contributed by atoms with E-state index < -0.39 is 23.7 Å². The van der Waals surface area contributed by atoms with E-state index in [0.29, 0.717) is 12.2 Å². The molecule has 3 N–H and O–H groups in total. The molecular weight excluding hydrogens is 495 g/mol. The van der Waals surface area contributed by atoms with E-state index in [-0.39, 0.29) is 35.5 Å². The predicted molar refractivity (Wildman–Crippen MR) is 137 cm³/mol. The lowest BCUT2D eigenvalue weighted by Gasteiger charge is -2.28. The molecule has 0 saturated carbocycles. The molecule has 194 valence electrons. The van der Waals surface area contributed by atoms with Gasteiger partial charge in [-0.15, -0.1) is 0 Å². The number of benzene rings is 3. The summed E-state index contributed by atoms with van der Waals surface area (Å²) in [5.74, 6) is -1.35. The van der Waals surface area contributed by atoms with Crippen molar-refractivity contribution >= 4 is 17.5 Å². The lowest BCUT2D eigenvalue weighted by Crippen LogP contribution is -2.39. The van der Waals surface area contributed by atoms with E-state index in [1.165, 1.54) is 29.2 Å². The highest BCUT2D eigenvalue weighted by Crippen LogP contribution is 2.37. The lowest BCUT2D eigenvalue weighted by molar-refractivity contribution is -0.141. The summed E-state index contributed by atoms with van der Waals surface area (Å²) in [4.78, 5) is 26.8. The van der Waals surface area contributed by atoms with E-state index >= 15 is 0 Å². The number of halogens is 3. The fourth-order valence-electron chi connectivity index (χ4n) is 4.78. The highest BCUT2D eigenvalue weighted by Gasteiger charge is 2.43. The van der Waals surface area contributed by atoms with E-state index in [1.807, 2.05) is 43.4 Å². The maximum Gasteiger partial charge on any atom is 0.435 e. The number of amides is 2. The van der Waals surface area contributed by atoms with Crippen LogP contribution in [0.5, 0.6) is 0 Å². The quantitative estimate of drug-likeness (QED) is 0.390. The standard InChI is InChI=1S/C28H24F3N5O2/c1-33-16-19-5-2-3-8-22(19)17-9-11-20(12-10-17)35-14-13-23-24(27(35)38)36(34-25(23)28(29,30)31)21-7-4-6-18(15-21)26(32)37/h2-12,15,33H,13-14,16H2,1H3,(H2,32,37). The van der Waals surface area contributed by atoms with Crippen molar-refractivity contribution in [3.8, 4) is 16.8 Å². The SMILES string of the molecule is CNCc1ccccc1-c1ccc(N2CCc3c(C(F)(F)F)nn(-c4cccc(C(N)=O)c4)c3C2=O)cc1. The predicted octanol–water partition coefficient (Wildman–Crippen LogP) is 4.58. The van der Waals surface area contributed by atoms with Gasteiger partial charge in [-0.3, -0.25) is 9.59 Å². The molecule has 2 heterocycles. The van der Waals surface area contributed by atoms with Gasteiger partial charge >= 0.3 is 6.18 Å². The Morgan fingerprint density at radius 1 is 1.03 bits per heavy atom. The van der Waals surface area contributed by atoms with Crippen LogP contribution in [-0.2, 0) is 19.1 Å². The third kappa shape index (κ3) is 4.54. The Morgan fingerprint density at radius 3 is 2.45 bits per heavy atom. The monoisotopic (exact) mass is 519 g/mol. The van der Waals surface area contributed by atoms with Crippen LogP contribution in [0.15, 0.2) is 72.8 Å². The van der Waals surface area contributed by atoms with Gasteiger partial charge in [-0.2, -0.15) is 18.3 Å². The number of alkyl halides is 3. The molecule has 5 rings (SSSR count). The van der Waals surface area contributed by atoms with Crippen LogP contribution in [-0.4, -0.2) is 35.2 Å². The minimum atomic E-state index is -4.75. The molecule has 0 atom stereocenters. The van der Waals surface area contributed by atoms with Crippen LogP contribution in [0.3, 0.4) is 0 Å². The van der Waals surface area contributed by atoms with E-state index in [9.17, 15) is 22.8 Å². The van der Waals surface area contributed by atoms with Crippen molar-refractivity contribution in [2.45, 2.75) is 19.1 Å². The number of aromatic nitrogens is 2. The highest BCUT2D eigenvalue weighted by atomic mass is 19.4. The van der Waals surface area contributed by atoms with Gasteiger partial charge in [0, 0.05) is 29.9 Å². The highest BCUT2D eigenvalue weighted by molar-refractivity contribution is 6.07. The smallest absolute Gasteiger partial charge is 0.366 e. The molecule has 0 unspecified atom stereocenters. The van der Waals surface area contributed by atoms with Crippen LogP contribution >= 0.6 is 0 Å². The van der Waals surface area contributed by atoms with E-state index in [2.05, 4.69) is 10.4 Å². The number of nitrogens with one attached hydrogen (secondary N) is 1. The first kappa shape index (κ1) is 25.2. The van der Waals surface area contributed by atoms with Gasteiger partial charge in [0.1, 0.15) is 5.69 Å². The Morgan fingerprint density at radius 2 is 1.76 bits per heavy atom. The Bertz CT molecular complexity index is 1530. The zero-order valence-electron chi connectivity index (χ0n) is 20.4. The van der Waals surface area contributed by atoms with E-state index in [0.717, 1.165) is 21.4 Å². The van der Waals surface area contributed by atoms with Crippen molar-refractivity contribution < 1.29 is 22.8 Å². The van der Waals surface area contributed by atoms with Gasteiger partial charge in [0.25, 0.3) is 5.91 Å². The molecule has 38 heavy (non-hydrogen) atoms.